The van der Waals surface area contributed by atoms with E-state index in [4.69, 9.17) is 9.52 Å². The van der Waals surface area contributed by atoms with Crippen LogP contribution in [0.2, 0.25) is 0 Å². The SMILES string of the molecule is Cc1ccc(C(=O)NC2CC(C(=O)O)C2)cc1NC(=O)c1ccco1. The lowest BCUT2D eigenvalue weighted by Gasteiger charge is -2.32. The zero-order valence-corrected chi connectivity index (χ0v) is 13.6. The molecule has 0 aliphatic heterocycles. The number of benzene rings is 1. The van der Waals surface area contributed by atoms with Crippen LogP contribution in [0.3, 0.4) is 0 Å². The lowest BCUT2D eigenvalue weighted by atomic mass is 9.80. The van der Waals surface area contributed by atoms with E-state index in [0.29, 0.717) is 24.1 Å². The molecule has 0 bridgehead atoms. The van der Waals surface area contributed by atoms with Gasteiger partial charge in [0.25, 0.3) is 11.8 Å². The van der Waals surface area contributed by atoms with Gasteiger partial charge in [0.2, 0.25) is 0 Å². The predicted octanol–water partition coefficient (Wildman–Crippen LogP) is 2.43. The maximum absolute atomic E-state index is 12.3. The van der Waals surface area contributed by atoms with E-state index in [9.17, 15) is 14.4 Å². The number of aryl methyl sites for hydroxylation is 1. The number of anilines is 1. The summed E-state index contributed by atoms with van der Waals surface area (Å²) >= 11 is 0. The summed E-state index contributed by atoms with van der Waals surface area (Å²) in [4.78, 5) is 35.2. The minimum atomic E-state index is -0.830. The third kappa shape index (κ3) is 3.71. The first-order valence-electron chi connectivity index (χ1n) is 7.93. The molecule has 3 N–H and O–H groups in total. The second kappa shape index (κ2) is 6.80. The third-order valence-electron chi connectivity index (χ3n) is 4.32. The molecule has 2 aromatic rings. The number of nitrogens with one attached hydrogen (secondary N) is 2. The molecule has 2 amide bonds. The highest BCUT2D eigenvalue weighted by Gasteiger charge is 2.35. The van der Waals surface area contributed by atoms with Gasteiger partial charge in [-0.15, -0.1) is 0 Å². The van der Waals surface area contributed by atoms with E-state index in [1.54, 1.807) is 30.3 Å². The molecule has 0 atom stereocenters. The van der Waals surface area contributed by atoms with Gasteiger partial charge < -0.3 is 20.2 Å². The molecule has 3 rings (SSSR count). The summed E-state index contributed by atoms with van der Waals surface area (Å²) in [6.45, 7) is 1.82. The maximum atomic E-state index is 12.3. The van der Waals surface area contributed by atoms with Crippen molar-refractivity contribution in [2.24, 2.45) is 5.92 Å². The van der Waals surface area contributed by atoms with Crippen LogP contribution in [0.5, 0.6) is 0 Å². The highest BCUT2D eigenvalue weighted by molar-refractivity contribution is 6.04. The summed E-state index contributed by atoms with van der Waals surface area (Å²) in [5.41, 5.74) is 1.73. The Morgan fingerprint density at radius 1 is 1.16 bits per heavy atom. The minimum Gasteiger partial charge on any atom is -0.481 e. The molecule has 7 heteroatoms. The molecule has 1 aromatic carbocycles. The van der Waals surface area contributed by atoms with E-state index in [2.05, 4.69) is 10.6 Å². The summed E-state index contributed by atoms with van der Waals surface area (Å²) in [7, 11) is 0. The first kappa shape index (κ1) is 16.8. The molecule has 1 fully saturated rings. The van der Waals surface area contributed by atoms with Crippen molar-refractivity contribution in [3.8, 4) is 0 Å². The average Bonchev–Trinajstić information content (AvgIpc) is 3.06. The van der Waals surface area contributed by atoms with E-state index in [0.717, 1.165) is 5.56 Å². The molecule has 7 nitrogen and oxygen atoms in total. The van der Waals surface area contributed by atoms with Gasteiger partial charge in [-0.2, -0.15) is 0 Å². The third-order valence-corrected chi connectivity index (χ3v) is 4.32. The molecule has 130 valence electrons. The van der Waals surface area contributed by atoms with Gasteiger partial charge in [0.05, 0.1) is 12.2 Å². The number of rotatable bonds is 5. The summed E-state index contributed by atoms with van der Waals surface area (Å²) in [5.74, 6) is -1.71. The topological polar surface area (TPSA) is 109 Å². The molecule has 1 aliphatic carbocycles. The van der Waals surface area contributed by atoms with Crippen molar-refractivity contribution < 1.29 is 23.9 Å². The average molecular weight is 342 g/mol. The van der Waals surface area contributed by atoms with Crippen molar-refractivity contribution in [2.45, 2.75) is 25.8 Å². The Hall–Kier alpha value is -3.09. The van der Waals surface area contributed by atoms with Crippen LogP contribution in [0.15, 0.2) is 41.0 Å². The molecule has 0 radical (unpaired) electrons. The van der Waals surface area contributed by atoms with Crippen LogP contribution in [0, 0.1) is 12.8 Å². The first-order chi connectivity index (χ1) is 11.9. The van der Waals surface area contributed by atoms with Crippen molar-refractivity contribution in [2.75, 3.05) is 5.32 Å². The highest BCUT2D eigenvalue weighted by atomic mass is 16.4. The lowest BCUT2D eigenvalue weighted by Crippen LogP contribution is -2.46. The molecule has 1 saturated carbocycles. The van der Waals surface area contributed by atoms with Crippen LogP contribution in [-0.4, -0.2) is 28.9 Å². The molecular formula is C18H18N2O5. The summed E-state index contributed by atoms with van der Waals surface area (Å²) < 4.78 is 5.05. The Balaban J connectivity index is 1.66. The second-order valence-corrected chi connectivity index (χ2v) is 6.14. The minimum absolute atomic E-state index is 0.129. The molecular weight excluding hydrogens is 324 g/mol. The van der Waals surface area contributed by atoms with E-state index in [1.165, 1.54) is 6.26 Å². The van der Waals surface area contributed by atoms with E-state index in [1.807, 2.05) is 6.92 Å². The maximum Gasteiger partial charge on any atom is 0.306 e. The predicted molar refractivity (Wildman–Crippen MR) is 89.5 cm³/mol. The van der Waals surface area contributed by atoms with Crippen molar-refractivity contribution in [3.05, 3.63) is 53.5 Å². The van der Waals surface area contributed by atoms with Crippen molar-refractivity contribution in [1.82, 2.24) is 5.32 Å². The molecule has 0 spiro atoms. The smallest absolute Gasteiger partial charge is 0.306 e. The summed E-state index contributed by atoms with van der Waals surface area (Å²) in [5, 5.41) is 14.4. The van der Waals surface area contributed by atoms with Gasteiger partial charge >= 0.3 is 5.97 Å². The number of furan rings is 1. The second-order valence-electron chi connectivity index (χ2n) is 6.14. The fraction of sp³-hybridized carbons (Fsp3) is 0.278. The number of carbonyl (C=O) groups is 3. The number of carboxylic acid groups (broad SMARTS) is 1. The van der Waals surface area contributed by atoms with Crippen LogP contribution in [0.4, 0.5) is 5.69 Å². The molecule has 0 unspecified atom stereocenters. The number of aliphatic carboxylic acids is 1. The molecule has 25 heavy (non-hydrogen) atoms. The van der Waals surface area contributed by atoms with Crippen molar-refractivity contribution >= 4 is 23.5 Å². The van der Waals surface area contributed by atoms with Crippen LogP contribution in [-0.2, 0) is 4.79 Å². The van der Waals surface area contributed by atoms with Gasteiger partial charge in [0.1, 0.15) is 0 Å². The Morgan fingerprint density at radius 3 is 2.56 bits per heavy atom. The quantitative estimate of drug-likeness (QED) is 0.773. The molecule has 1 aliphatic rings. The molecule has 1 heterocycles. The molecule has 1 aromatic heterocycles. The normalized spacial score (nSPS) is 18.9. The largest absolute Gasteiger partial charge is 0.481 e. The number of carbonyl (C=O) groups excluding carboxylic acids is 2. The van der Waals surface area contributed by atoms with Gasteiger partial charge in [-0.25, -0.2) is 0 Å². The van der Waals surface area contributed by atoms with Crippen molar-refractivity contribution in [3.63, 3.8) is 0 Å². The van der Waals surface area contributed by atoms with Gasteiger partial charge in [0, 0.05) is 17.3 Å². The summed E-state index contributed by atoms with van der Waals surface area (Å²) in [6, 6.07) is 8.05. The lowest BCUT2D eigenvalue weighted by molar-refractivity contribution is -0.145. The number of amides is 2. The number of hydrogen-bond donors (Lipinski definition) is 3. The monoisotopic (exact) mass is 342 g/mol. The van der Waals surface area contributed by atoms with Crippen LogP contribution >= 0.6 is 0 Å². The fourth-order valence-corrected chi connectivity index (χ4v) is 2.70. The van der Waals surface area contributed by atoms with Gasteiger partial charge in [-0.1, -0.05) is 6.07 Å². The summed E-state index contributed by atoms with van der Waals surface area (Å²) in [6.07, 6.45) is 2.29. The van der Waals surface area contributed by atoms with Gasteiger partial charge in [-0.05, 0) is 49.6 Å². The van der Waals surface area contributed by atoms with Crippen LogP contribution in [0.25, 0.3) is 0 Å². The Morgan fingerprint density at radius 2 is 1.92 bits per heavy atom. The Bertz CT molecular complexity index is 807. The number of carboxylic acids is 1. The van der Waals surface area contributed by atoms with Gasteiger partial charge in [0.15, 0.2) is 5.76 Å². The Labute approximate surface area is 144 Å². The zero-order chi connectivity index (χ0) is 18.0. The van der Waals surface area contributed by atoms with Gasteiger partial charge in [-0.3, -0.25) is 14.4 Å². The first-order valence-corrected chi connectivity index (χ1v) is 7.93. The Kier molecular flexibility index (Phi) is 4.56. The van der Waals surface area contributed by atoms with Crippen LogP contribution < -0.4 is 10.6 Å². The van der Waals surface area contributed by atoms with E-state index in [-0.39, 0.29) is 23.6 Å². The standard InChI is InChI=1S/C18H18N2O5/c1-10-4-5-11(16(21)19-13-7-12(8-13)18(23)24)9-14(10)20-17(22)15-3-2-6-25-15/h2-6,9,12-13H,7-8H2,1H3,(H,19,21)(H,20,22)(H,23,24). The molecule has 0 saturated heterocycles. The zero-order valence-electron chi connectivity index (χ0n) is 13.6. The van der Waals surface area contributed by atoms with Crippen molar-refractivity contribution in [1.29, 1.82) is 0 Å². The fourth-order valence-electron chi connectivity index (χ4n) is 2.70. The van der Waals surface area contributed by atoms with Crippen LogP contribution in [0.1, 0.15) is 39.3 Å². The highest BCUT2D eigenvalue weighted by Crippen LogP contribution is 2.28. The van der Waals surface area contributed by atoms with E-state index >= 15 is 0 Å². The van der Waals surface area contributed by atoms with E-state index < -0.39 is 11.9 Å². The number of hydrogen-bond acceptors (Lipinski definition) is 4.